The van der Waals surface area contributed by atoms with Crippen LogP contribution in [-0.2, 0) is 9.59 Å². The molecule has 1 saturated carbocycles. The lowest BCUT2D eigenvalue weighted by Gasteiger charge is -2.34. The summed E-state index contributed by atoms with van der Waals surface area (Å²) < 4.78 is 5.59. The van der Waals surface area contributed by atoms with E-state index in [0.717, 1.165) is 18.5 Å². The van der Waals surface area contributed by atoms with E-state index in [1.165, 1.54) is 6.92 Å². The van der Waals surface area contributed by atoms with Crippen LogP contribution in [-0.4, -0.2) is 34.2 Å². The summed E-state index contributed by atoms with van der Waals surface area (Å²) in [5.41, 5.74) is 0.862. The molecule has 1 unspecified atom stereocenters. The van der Waals surface area contributed by atoms with Crippen LogP contribution in [0.5, 0.6) is 5.75 Å². The minimum Gasteiger partial charge on any atom is -0.479 e. The topological polar surface area (TPSA) is 96.1 Å². The molecule has 7 nitrogen and oxygen atoms in total. The number of H-pyrrole nitrogens is 1. The molecule has 1 aromatic heterocycles. The highest BCUT2D eigenvalue weighted by Gasteiger charge is 2.32. The SMILES string of the molecule is CC(=O)N[C@H]1C[C@@H](c2cc(NC(=O)C(C)Oc3ccc(Cl)cc3Cl)[nH]n2)C1. The van der Waals surface area contributed by atoms with Crippen molar-refractivity contribution in [1.82, 2.24) is 15.5 Å². The van der Waals surface area contributed by atoms with Gasteiger partial charge >= 0.3 is 0 Å². The number of carbonyl (C=O) groups excluding carboxylic acids is 2. The molecule has 1 heterocycles. The van der Waals surface area contributed by atoms with Crippen LogP contribution in [0.3, 0.4) is 0 Å². The van der Waals surface area contributed by atoms with Gasteiger partial charge in [-0.2, -0.15) is 5.10 Å². The minimum absolute atomic E-state index is 0.0248. The Labute approximate surface area is 166 Å². The third-order valence-electron chi connectivity index (χ3n) is 4.39. The first-order valence-corrected chi connectivity index (χ1v) is 9.32. The number of ether oxygens (including phenoxy) is 1. The second kappa shape index (κ2) is 8.19. The maximum absolute atomic E-state index is 12.3. The van der Waals surface area contributed by atoms with Gasteiger partial charge in [0.15, 0.2) is 6.10 Å². The number of halogens is 2. The van der Waals surface area contributed by atoms with E-state index in [2.05, 4.69) is 20.8 Å². The van der Waals surface area contributed by atoms with Crippen LogP contribution in [0.4, 0.5) is 5.82 Å². The molecule has 3 N–H and O–H groups in total. The van der Waals surface area contributed by atoms with E-state index < -0.39 is 6.10 Å². The van der Waals surface area contributed by atoms with Gasteiger partial charge in [0.2, 0.25) is 5.91 Å². The van der Waals surface area contributed by atoms with Crippen LogP contribution >= 0.6 is 23.2 Å². The Morgan fingerprint density at radius 3 is 2.70 bits per heavy atom. The largest absolute Gasteiger partial charge is 0.479 e. The van der Waals surface area contributed by atoms with Gasteiger partial charge in [-0.25, -0.2) is 0 Å². The van der Waals surface area contributed by atoms with Gasteiger partial charge < -0.3 is 15.4 Å². The molecule has 1 aliphatic carbocycles. The van der Waals surface area contributed by atoms with Gasteiger partial charge in [0.25, 0.3) is 5.91 Å². The number of hydrogen-bond donors (Lipinski definition) is 3. The lowest BCUT2D eigenvalue weighted by molar-refractivity contribution is -0.122. The van der Waals surface area contributed by atoms with Crippen molar-refractivity contribution in [3.05, 3.63) is 40.0 Å². The molecular weight excluding hydrogens is 391 g/mol. The first kappa shape index (κ1) is 19.5. The molecule has 0 aliphatic heterocycles. The summed E-state index contributed by atoms with van der Waals surface area (Å²) in [6.45, 7) is 3.14. The Hall–Kier alpha value is -2.25. The molecule has 0 spiro atoms. The lowest BCUT2D eigenvalue weighted by Crippen LogP contribution is -2.42. The Balaban J connectivity index is 1.52. The predicted molar refractivity (Wildman–Crippen MR) is 103 cm³/mol. The van der Waals surface area contributed by atoms with E-state index in [9.17, 15) is 9.59 Å². The Morgan fingerprint density at radius 2 is 2.04 bits per heavy atom. The zero-order chi connectivity index (χ0) is 19.6. The smallest absolute Gasteiger partial charge is 0.266 e. The van der Waals surface area contributed by atoms with E-state index in [4.69, 9.17) is 27.9 Å². The van der Waals surface area contributed by atoms with Gasteiger partial charge in [0, 0.05) is 30.0 Å². The second-order valence-corrected chi connectivity index (χ2v) is 7.44. The number of hydrogen-bond acceptors (Lipinski definition) is 4. The van der Waals surface area contributed by atoms with Crippen molar-refractivity contribution in [3.63, 3.8) is 0 Å². The van der Waals surface area contributed by atoms with Crippen LogP contribution in [0.25, 0.3) is 0 Å². The third-order valence-corrected chi connectivity index (χ3v) is 4.92. The van der Waals surface area contributed by atoms with Gasteiger partial charge in [-0.05, 0) is 38.0 Å². The molecule has 2 aromatic rings. The summed E-state index contributed by atoms with van der Waals surface area (Å²) >= 11 is 11.9. The number of anilines is 1. The Morgan fingerprint density at radius 1 is 1.30 bits per heavy atom. The molecule has 1 atom stereocenters. The molecule has 3 rings (SSSR count). The zero-order valence-electron chi connectivity index (χ0n) is 14.9. The predicted octanol–water partition coefficient (Wildman–Crippen LogP) is 3.50. The van der Waals surface area contributed by atoms with Gasteiger partial charge in [-0.15, -0.1) is 0 Å². The average Bonchev–Trinajstić information content (AvgIpc) is 3.00. The highest BCUT2D eigenvalue weighted by molar-refractivity contribution is 6.35. The molecule has 1 aliphatic rings. The first-order chi connectivity index (χ1) is 12.8. The third kappa shape index (κ3) is 4.93. The molecule has 1 fully saturated rings. The zero-order valence-corrected chi connectivity index (χ0v) is 16.4. The highest BCUT2D eigenvalue weighted by Crippen LogP contribution is 2.36. The van der Waals surface area contributed by atoms with Crippen molar-refractivity contribution >= 4 is 40.8 Å². The van der Waals surface area contributed by atoms with E-state index in [0.29, 0.717) is 21.6 Å². The monoisotopic (exact) mass is 410 g/mol. The minimum atomic E-state index is -0.761. The van der Waals surface area contributed by atoms with Crippen molar-refractivity contribution in [2.75, 3.05) is 5.32 Å². The number of aromatic nitrogens is 2. The summed E-state index contributed by atoms with van der Waals surface area (Å²) in [6.07, 6.45) is 0.919. The van der Waals surface area contributed by atoms with Gasteiger partial charge in [0.05, 0.1) is 10.7 Å². The summed E-state index contributed by atoms with van der Waals surface area (Å²) in [5, 5.41) is 13.5. The van der Waals surface area contributed by atoms with E-state index in [-0.39, 0.29) is 23.8 Å². The standard InChI is InChI=1S/C18H20Cl2N4O3/c1-9(27-16-4-3-12(19)7-14(16)20)18(26)22-17-8-15(23-24-17)11-5-13(6-11)21-10(2)25/h3-4,7-9,11,13H,5-6H2,1-2H3,(H,21,25)(H2,22,23,24,26)/t9?,11-,13+. The van der Waals surface area contributed by atoms with Crippen LogP contribution in [0, 0.1) is 0 Å². The summed E-state index contributed by atoms with van der Waals surface area (Å²) in [7, 11) is 0. The van der Waals surface area contributed by atoms with Crippen molar-refractivity contribution < 1.29 is 14.3 Å². The molecule has 1 aromatic carbocycles. The molecule has 0 radical (unpaired) electrons. The van der Waals surface area contributed by atoms with Gasteiger partial charge in [0.1, 0.15) is 11.6 Å². The van der Waals surface area contributed by atoms with E-state index in [1.807, 2.05) is 0 Å². The fourth-order valence-electron chi connectivity index (χ4n) is 2.92. The Kier molecular flexibility index (Phi) is 5.92. The molecule has 27 heavy (non-hydrogen) atoms. The highest BCUT2D eigenvalue weighted by atomic mass is 35.5. The maximum Gasteiger partial charge on any atom is 0.266 e. The number of carbonyl (C=O) groups is 2. The van der Waals surface area contributed by atoms with Crippen molar-refractivity contribution in [2.45, 2.75) is 44.8 Å². The fourth-order valence-corrected chi connectivity index (χ4v) is 3.38. The Bertz CT molecular complexity index is 849. The van der Waals surface area contributed by atoms with Crippen LogP contribution in [0.2, 0.25) is 10.0 Å². The lowest BCUT2D eigenvalue weighted by atomic mass is 9.78. The average molecular weight is 411 g/mol. The van der Waals surface area contributed by atoms with E-state index >= 15 is 0 Å². The summed E-state index contributed by atoms with van der Waals surface area (Å²) in [4.78, 5) is 23.4. The van der Waals surface area contributed by atoms with Crippen molar-refractivity contribution in [2.24, 2.45) is 0 Å². The van der Waals surface area contributed by atoms with Crippen molar-refractivity contribution in [1.29, 1.82) is 0 Å². The molecular formula is C18H20Cl2N4O3. The second-order valence-electron chi connectivity index (χ2n) is 6.60. The number of amides is 2. The number of rotatable bonds is 6. The molecule has 0 saturated heterocycles. The van der Waals surface area contributed by atoms with Gasteiger partial charge in [-0.1, -0.05) is 23.2 Å². The first-order valence-electron chi connectivity index (χ1n) is 8.57. The summed E-state index contributed by atoms with van der Waals surface area (Å²) in [5.74, 6) is 0.789. The normalized spacial score (nSPS) is 19.7. The number of nitrogens with one attached hydrogen (secondary N) is 3. The quantitative estimate of drug-likeness (QED) is 0.678. The molecule has 144 valence electrons. The molecule has 0 bridgehead atoms. The van der Waals surface area contributed by atoms with Crippen molar-refractivity contribution in [3.8, 4) is 5.75 Å². The summed E-state index contributed by atoms with van der Waals surface area (Å²) in [6, 6.07) is 6.80. The van der Waals surface area contributed by atoms with E-state index in [1.54, 1.807) is 31.2 Å². The van der Waals surface area contributed by atoms with Crippen LogP contribution in [0.1, 0.15) is 38.3 Å². The number of benzene rings is 1. The number of nitrogens with zero attached hydrogens (tertiary/aromatic N) is 1. The molecule has 9 heteroatoms. The van der Waals surface area contributed by atoms with Gasteiger partial charge in [-0.3, -0.25) is 14.7 Å². The fraction of sp³-hybridized carbons (Fsp3) is 0.389. The molecule has 2 amide bonds. The van der Waals surface area contributed by atoms with Crippen LogP contribution < -0.4 is 15.4 Å². The maximum atomic E-state index is 12.3. The number of aromatic amines is 1. The van der Waals surface area contributed by atoms with Crippen LogP contribution in [0.15, 0.2) is 24.3 Å².